The summed E-state index contributed by atoms with van der Waals surface area (Å²) in [6.07, 6.45) is -0.661. The number of hydrogen-bond acceptors (Lipinski definition) is 3. The molecule has 0 aliphatic carbocycles. The Morgan fingerprint density at radius 1 is 1.00 bits per heavy atom. The van der Waals surface area contributed by atoms with Crippen LogP contribution in [0.5, 0.6) is 5.75 Å². The van der Waals surface area contributed by atoms with E-state index in [9.17, 15) is 4.79 Å². The summed E-state index contributed by atoms with van der Waals surface area (Å²) in [7, 11) is 0. The smallest absolute Gasteiger partial charge is 0.265 e. The number of ether oxygens (including phenoxy) is 1. The maximum atomic E-state index is 12.4. The van der Waals surface area contributed by atoms with Crippen molar-refractivity contribution in [2.75, 3.05) is 5.32 Å². The van der Waals surface area contributed by atoms with Gasteiger partial charge in [-0.1, -0.05) is 0 Å². The molecule has 0 fully saturated rings. The van der Waals surface area contributed by atoms with Gasteiger partial charge in [0.25, 0.3) is 5.91 Å². The highest BCUT2D eigenvalue weighted by atomic mass is 16.5. The van der Waals surface area contributed by atoms with Gasteiger partial charge in [0.05, 0.1) is 11.6 Å². The van der Waals surface area contributed by atoms with Gasteiger partial charge in [-0.25, -0.2) is 0 Å². The number of anilines is 1. The Kier molecular flexibility index (Phi) is 5.28. The number of amides is 1. The lowest BCUT2D eigenvalue weighted by Gasteiger charge is -2.15. The minimum atomic E-state index is -0.661. The van der Waals surface area contributed by atoms with E-state index in [2.05, 4.69) is 35.9 Å². The van der Waals surface area contributed by atoms with Gasteiger partial charge in [-0.3, -0.25) is 4.79 Å². The van der Waals surface area contributed by atoms with E-state index >= 15 is 0 Å². The molecule has 0 saturated heterocycles. The van der Waals surface area contributed by atoms with Crippen LogP contribution in [0.3, 0.4) is 0 Å². The number of nitrogens with zero attached hydrogens (tertiary/aromatic N) is 2. The Balaban J connectivity index is 1.64. The lowest BCUT2D eigenvalue weighted by molar-refractivity contribution is -0.122. The molecule has 1 heterocycles. The average Bonchev–Trinajstić information content (AvgIpc) is 3.01. The number of rotatable bonds is 5. The zero-order valence-electron chi connectivity index (χ0n) is 15.6. The van der Waals surface area contributed by atoms with Crippen LogP contribution in [0.2, 0.25) is 0 Å². The van der Waals surface area contributed by atoms with Gasteiger partial charge in [0.1, 0.15) is 5.75 Å². The van der Waals surface area contributed by atoms with Gasteiger partial charge >= 0.3 is 0 Å². The molecule has 1 amide bonds. The van der Waals surface area contributed by atoms with Gasteiger partial charge in [0.2, 0.25) is 0 Å². The van der Waals surface area contributed by atoms with Crippen molar-refractivity contribution in [1.29, 1.82) is 5.26 Å². The summed E-state index contributed by atoms with van der Waals surface area (Å²) in [6.45, 7) is 5.81. The molecule has 5 nitrogen and oxygen atoms in total. The van der Waals surface area contributed by atoms with Crippen LogP contribution >= 0.6 is 0 Å². The molecule has 1 N–H and O–H groups in total. The standard InChI is InChI=1S/C22H21N3O2/c1-15-4-5-16(2)25(15)20-10-8-19(9-11-20)24-22(26)17(3)27-21-12-6-18(14-23)7-13-21/h4-13,17H,1-3H3,(H,24,26)/t17-/m0/s1. The molecule has 3 aromatic rings. The van der Waals surface area contributed by atoms with E-state index in [4.69, 9.17) is 10.00 Å². The molecule has 1 aromatic heterocycles. The second-order valence-electron chi connectivity index (χ2n) is 6.38. The van der Waals surface area contributed by atoms with E-state index < -0.39 is 6.10 Å². The highest BCUT2D eigenvalue weighted by Gasteiger charge is 2.15. The van der Waals surface area contributed by atoms with Gasteiger partial charge in [-0.05, 0) is 81.4 Å². The molecule has 0 spiro atoms. The Labute approximate surface area is 158 Å². The third-order valence-corrected chi connectivity index (χ3v) is 4.33. The molecule has 0 bridgehead atoms. The van der Waals surface area contributed by atoms with Crippen molar-refractivity contribution < 1.29 is 9.53 Å². The molecular weight excluding hydrogens is 338 g/mol. The van der Waals surface area contributed by atoms with Gasteiger partial charge in [-0.15, -0.1) is 0 Å². The second kappa shape index (κ2) is 7.79. The van der Waals surface area contributed by atoms with Gasteiger partial charge in [0, 0.05) is 22.8 Å². The van der Waals surface area contributed by atoms with Gasteiger partial charge < -0.3 is 14.6 Å². The van der Waals surface area contributed by atoms with Crippen LogP contribution in [0.4, 0.5) is 5.69 Å². The van der Waals surface area contributed by atoms with Gasteiger partial charge in [0.15, 0.2) is 6.10 Å². The average molecular weight is 359 g/mol. The third-order valence-electron chi connectivity index (χ3n) is 4.33. The number of carbonyl (C=O) groups excluding carboxylic acids is 1. The van der Waals surface area contributed by atoms with Crippen LogP contribution < -0.4 is 10.1 Å². The number of carbonyl (C=O) groups is 1. The minimum absolute atomic E-state index is 0.236. The highest BCUT2D eigenvalue weighted by molar-refractivity contribution is 5.94. The first-order valence-corrected chi connectivity index (χ1v) is 8.71. The van der Waals surface area contributed by atoms with Crippen LogP contribution in [0.15, 0.2) is 60.7 Å². The number of aromatic nitrogens is 1. The van der Waals surface area contributed by atoms with Crippen LogP contribution in [-0.2, 0) is 4.79 Å². The van der Waals surface area contributed by atoms with Crippen molar-refractivity contribution in [2.45, 2.75) is 26.9 Å². The topological polar surface area (TPSA) is 67.1 Å². The van der Waals surface area contributed by atoms with Gasteiger partial charge in [-0.2, -0.15) is 5.26 Å². The van der Waals surface area contributed by atoms with Crippen molar-refractivity contribution in [3.05, 3.63) is 77.6 Å². The summed E-state index contributed by atoms with van der Waals surface area (Å²) < 4.78 is 7.79. The van der Waals surface area contributed by atoms with E-state index in [-0.39, 0.29) is 5.91 Å². The summed E-state index contributed by atoms with van der Waals surface area (Å²) >= 11 is 0. The monoisotopic (exact) mass is 359 g/mol. The predicted octanol–water partition coefficient (Wildman–Crippen LogP) is 4.37. The maximum Gasteiger partial charge on any atom is 0.265 e. The molecule has 0 aliphatic rings. The quantitative estimate of drug-likeness (QED) is 0.735. The molecule has 3 rings (SSSR count). The molecule has 27 heavy (non-hydrogen) atoms. The molecule has 0 radical (unpaired) electrons. The van der Waals surface area contributed by atoms with Crippen LogP contribution in [0.1, 0.15) is 23.9 Å². The molecule has 136 valence electrons. The van der Waals surface area contributed by atoms with E-state index in [1.807, 2.05) is 30.3 Å². The molecule has 0 unspecified atom stereocenters. The van der Waals surface area contributed by atoms with E-state index in [1.165, 1.54) is 0 Å². The fraction of sp³-hybridized carbons (Fsp3) is 0.182. The van der Waals surface area contributed by atoms with E-state index in [0.717, 1.165) is 17.1 Å². The Hall–Kier alpha value is -3.52. The third kappa shape index (κ3) is 4.18. The van der Waals surface area contributed by atoms with Crippen molar-refractivity contribution in [1.82, 2.24) is 4.57 Å². The molecule has 0 aliphatic heterocycles. The van der Waals surface area contributed by atoms with Crippen molar-refractivity contribution >= 4 is 11.6 Å². The van der Waals surface area contributed by atoms with Crippen LogP contribution in [0.25, 0.3) is 5.69 Å². The number of hydrogen-bond donors (Lipinski definition) is 1. The normalized spacial score (nSPS) is 11.5. The Morgan fingerprint density at radius 2 is 1.59 bits per heavy atom. The molecule has 2 aromatic carbocycles. The Morgan fingerprint density at radius 3 is 2.15 bits per heavy atom. The predicted molar refractivity (Wildman–Crippen MR) is 105 cm³/mol. The fourth-order valence-corrected chi connectivity index (χ4v) is 2.88. The van der Waals surface area contributed by atoms with Crippen LogP contribution in [0, 0.1) is 25.2 Å². The lowest BCUT2D eigenvalue weighted by Crippen LogP contribution is -2.30. The Bertz CT molecular complexity index is 960. The SMILES string of the molecule is Cc1ccc(C)n1-c1ccc(NC(=O)[C@H](C)Oc2ccc(C#N)cc2)cc1. The van der Waals surface area contributed by atoms with Crippen molar-refractivity contribution in [3.63, 3.8) is 0 Å². The largest absolute Gasteiger partial charge is 0.481 e. The number of nitriles is 1. The molecular formula is C22H21N3O2. The summed E-state index contributed by atoms with van der Waals surface area (Å²) in [5.41, 5.74) is 4.63. The highest BCUT2D eigenvalue weighted by Crippen LogP contribution is 2.19. The number of benzene rings is 2. The summed E-state index contributed by atoms with van der Waals surface area (Å²) in [5, 5.41) is 11.7. The van der Waals surface area contributed by atoms with Crippen molar-refractivity contribution in [2.24, 2.45) is 0 Å². The lowest BCUT2D eigenvalue weighted by atomic mass is 10.2. The number of aryl methyl sites for hydroxylation is 2. The first-order chi connectivity index (χ1) is 13.0. The molecule has 0 saturated carbocycles. The van der Waals surface area contributed by atoms with Crippen molar-refractivity contribution in [3.8, 4) is 17.5 Å². The fourth-order valence-electron chi connectivity index (χ4n) is 2.88. The maximum absolute atomic E-state index is 12.4. The van der Waals surface area contributed by atoms with E-state index in [1.54, 1.807) is 31.2 Å². The number of nitrogens with one attached hydrogen (secondary N) is 1. The summed E-state index contributed by atoms with van der Waals surface area (Å²) in [5.74, 6) is 0.311. The minimum Gasteiger partial charge on any atom is -0.481 e. The first kappa shape index (κ1) is 18.3. The zero-order valence-corrected chi connectivity index (χ0v) is 15.6. The molecule has 1 atom stereocenters. The van der Waals surface area contributed by atoms with E-state index in [0.29, 0.717) is 17.0 Å². The zero-order chi connectivity index (χ0) is 19.4. The van der Waals surface area contributed by atoms with Crippen LogP contribution in [-0.4, -0.2) is 16.6 Å². The first-order valence-electron chi connectivity index (χ1n) is 8.71. The molecule has 5 heteroatoms. The second-order valence-corrected chi connectivity index (χ2v) is 6.38. The summed E-state index contributed by atoms with van der Waals surface area (Å²) in [6, 6.07) is 20.6. The summed E-state index contributed by atoms with van der Waals surface area (Å²) in [4.78, 5) is 12.4.